The summed E-state index contributed by atoms with van der Waals surface area (Å²) in [7, 11) is 0. The second-order valence-electron chi connectivity index (χ2n) is 2.66. The third kappa shape index (κ3) is 2.98. The molecular weight excluding hydrogens is 206 g/mol. The van der Waals surface area contributed by atoms with Crippen molar-refractivity contribution in [1.82, 2.24) is 0 Å². The molecule has 0 aromatic heterocycles. The number of aliphatic carboxylic acids is 1. The quantitative estimate of drug-likeness (QED) is 0.613. The third-order valence-electron chi connectivity index (χ3n) is 1.58. The molecule has 0 fully saturated rings. The molecule has 1 N–H and O–H groups in total. The summed E-state index contributed by atoms with van der Waals surface area (Å²) in [4.78, 5) is 21.3. The van der Waals surface area contributed by atoms with Gasteiger partial charge >= 0.3 is 5.97 Å². The molecule has 0 unspecified atom stereocenters. The number of halogens is 2. The van der Waals surface area contributed by atoms with Gasteiger partial charge in [0, 0.05) is 11.6 Å². The van der Waals surface area contributed by atoms with E-state index in [1.807, 2.05) is 0 Å². The number of hydrogen-bond acceptors (Lipinski definition) is 2. The Morgan fingerprint density at radius 1 is 1.13 bits per heavy atom. The highest BCUT2D eigenvalue weighted by molar-refractivity contribution is 6.06. The zero-order valence-electron chi connectivity index (χ0n) is 7.41. The Balaban J connectivity index is 2.92. The molecule has 0 spiro atoms. The lowest BCUT2D eigenvalue weighted by Gasteiger charge is -1.96. The van der Waals surface area contributed by atoms with Crippen LogP contribution in [0.4, 0.5) is 8.78 Å². The van der Waals surface area contributed by atoms with Gasteiger partial charge in [0.15, 0.2) is 17.4 Å². The minimum atomic E-state index is -1.29. The number of carboxylic acid groups (broad SMARTS) is 1. The fourth-order valence-electron chi connectivity index (χ4n) is 0.893. The van der Waals surface area contributed by atoms with Crippen molar-refractivity contribution < 1.29 is 23.5 Å². The molecule has 0 aliphatic carbocycles. The van der Waals surface area contributed by atoms with Gasteiger partial charge in [-0.15, -0.1) is 0 Å². The van der Waals surface area contributed by atoms with Crippen molar-refractivity contribution in [3.8, 4) is 0 Å². The number of ketones is 1. The molecule has 15 heavy (non-hydrogen) atoms. The van der Waals surface area contributed by atoms with E-state index in [1.165, 1.54) is 0 Å². The second-order valence-corrected chi connectivity index (χ2v) is 2.66. The van der Waals surface area contributed by atoms with Crippen molar-refractivity contribution in [2.24, 2.45) is 0 Å². The Morgan fingerprint density at radius 2 is 1.80 bits per heavy atom. The first-order chi connectivity index (χ1) is 7.00. The van der Waals surface area contributed by atoms with Gasteiger partial charge < -0.3 is 5.11 Å². The molecule has 0 saturated carbocycles. The molecule has 0 aliphatic heterocycles. The van der Waals surface area contributed by atoms with Gasteiger partial charge in [-0.1, -0.05) is 0 Å². The molecule has 0 saturated heterocycles. The third-order valence-corrected chi connectivity index (χ3v) is 1.58. The van der Waals surface area contributed by atoms with Crippen molar-refractivity contribution in [1.29, 1.82) is 0 Å². The van der Waals surface area contributed by atoms with E-state index in [9.17, 15) is 18.4 Å². The van der Waals surface area contributed by atoms with E-state index in [0.717, 1.165) is 18.2 Å². The summed E-state index contributed by atoms with van der Waals surface area (Å²) in [5, 5.41) is 8.23. The van der Waals surface area contributed by atoms with Crippen molar-refractivity contribution in [3.63, 3.8) is 0 Å². The van der Waals surface area contributed by atoms with Gasteiger partial charge in [-0.2, -0.15) is 0 Å². The molecule has 0 aliphatic rings. The molecule has 0 heterocycles. The SMILES string of the molecule is O=C(O)C=CC(=O)c1ccc(F)c(F)c1. The zero-order chi connectivity index (χ0) is 11.4. The van der Waals surface area contributed by atoms with Crippen molar-refractivity contribution >= 4 is 11.8 Å². The number of rotatable bonds is 3. The predicted molar refractivity (Wildman–Crippen MR) is 47.5 cm³/mol. The van der Waals surface area contributed by atoms with Gasteiger partial charge in [0.2, 0.25) is 0 Å². The van der Waals surface area contributed by atoms with Crippen LogP contribution in [-0.4, -0.2) is 16.9 Å². The van der Waals surface area contributed by atoms with E-state index in [4.69, 9.17) is 5.11 Å². The van der Waals surface area contributed by atoms with Crippen molar-refractivity contribution in [2.75, 3.05) is 0 Å². The number of carboxylic acids is 1. The molecule has 0 amide bonds. The van der Waals surface area contributed by atoms with Crippen LogP contribution in [-0.2, 0) is 4.79 Å². The van der Waals surface area contributed by atoms with E-state index >= 15 is 0 Å². The molecule has 0 radical (unpaired) electrons. The number of allylic oxidation sites excluding steroid dienone is 1. The van der Waals surface area contributed by atoms with Gasteiger partial charge in [0.1, 0.15) is 0 Å². The summed E-state index contributed by atoms with van der Waals surface area (Å²) in [6.45, 7) is 0. The lowest BCUT2D eigenvalue weighted by atomic mass is 10.1. The van der Waals surface area contributed by atoms with E-state index in [-0.39, 0.29) is 5.56 Å². The molecular formula is C10H6F2O3. The highest BCUT2D eigenvalue weighted by atomic mass is 19.2. The maximum absolute atomic E-state index is 12.7. The van der Waals surface area contributed by atoms with Crippen LogP contribution in [0.25, 0.3) is 0 Å². The molecule has 1 aromatic rings. The maximum Gasteiger partial charge on any atom is 0.328 e. The standard InChI is InChI=1S/C10H6F2O3/c11-7-2-1-6(5-8(7)12)9(13)3-4-10(14)15/h1-5H,(H,14,15). The second kappa shape index (κ2) is 4.45. The fourth-order valence-corrected chi connectivity index (χ4v) is 0.893. The smallest absolute Gasteiger partial charge is 0.328 e. The molecule has 1 rings (SSSR count). The van der Waals surface area contributed by atoms with Gasteiger partial charge in [-0.3, -0.25) is 4.79 Å². The van der Waals surface area contributed by atoms with Gasteiger partial charge in [-0.05, 0) is 24.3 Å². The molecule has 0 atom stereocenters. The highest BCUT2D eigenvalue weighted by Gasteiger charge is 2.07. The summed E-state index contributed by atoms with van der Waals surface area (Å²) in [6, 6.07) is 2.59. The van der Waals surface area contributed by atoms with Crippen LogP contribution in [0, 0.1) is 11.6 Å². The summed E-state index contributed by atoms with van der Waals surface area (Å²) in [5.41, 5.74) is -0.105. The topological polar surface area (TPSA) is 54.4 Å². The van der Waals surface area contributed by atoms with Crippen LogP contribution in [0.15, 0.2) is 30.4 Å². The summed E-state index contributed by atoms with van der Waals surface area (Å²) >= 11 is 0. The lowest BCUT2D eigenvalue weighted by Crippen LogP contribution is -1.98. The molecule has 3 nitrogen and oxygen atoms in total. The number of benzene rings is 1. The maximum atomic E-state index is 12.7. The first kappa shape index (κ1) is 11.0. The van der Waals surface area contributed by atoms with Gasteiger partial charge in [0.05, 0.1) is 0 Å². The Morgan fingerprint density at radius 3 is 2.33 bits per heavy atom. The minimum Gasteiger partial charge on any atom is -0.478 e. The van der Waals surface area contributed by atoms with Crippen LogP contribution >= 0.6 is 0 Å². The van der Waals surface area contributed by atoms with E-state index in [0.29, 0.717) is 12.1 Å². The normalized spacial score (nSPS) is 10.5. The van der Waals surface area contributed by atoms with Crippen molar-refractivity contribution in [3.05, 3.63) is 47.5 Å². The number of hydrogen-bond donors (Lipinski definition) is 1. The highest BCUT2D eigenvalue weighted by Crippen LogP contribution is 2.09. The Bertz CT molecular complexity index is 438. The van der Waals surface area contributed by atoms with Crippen LogP contribution in [0.1, 0.15) is 10.4 Å². The average Bonchev–Trinajstić information content (AvgIpc) is 2.18. The Hall–Kier alpha value is -2.04. The van der Waals surface area contributed by atoms with Crippen LogP contribution < -0.4 is 0 Å². The van der Waals surface area contributed by atoms with Crippen molar-refractivity contribution in [2.45, 2.75) is 0 Å². The number of carbonyl (C=O) groups excluding carboxylic acids is 1. The fraction of sp³-hybridized carbons (Fsp3) is 0. The monoisotopic (exact) mass is 212 g/mol. The Labute approximate surface area is 83.6 Å². The van der Waals surface area contributed by atoms with Crippen LogP contribution in [0.2, 0.25) is 0 Å². The summed E-state index contributed by atoms with van der Waals surface area (Å²) in [6.07, 6.45) is 1.40. The molecule has 78 valence electrons. The molecule has 0 bridgehead atoms. The minimum absolute atomic E-state index is 0.105. The van der Waals surface area contributed by atoms with Gasteiger partial charge in [0.25, 0.3) is 0 Å². The van der Waals surface area contributed by atoms with Gasteiger partial charge in [-0.25, -0.2) is 13.6 Å². The largest absolute Gasteiger partial charge is 0.478 e. The van der Waals surface area contributed by atoms with E-state index in [2.05, 4.69) is 0 Å². The van der Waals surface area contributed by atoms with E-state index in [1.54, 1.807) is 0 Å². The zero-order valence-corrected chi connectivity index (χ0v) is 7.41. The molecule has 1 aromatic carbocycles. The first-order valence-corrected chi connectivity index (χ1v) is 3.91. The number of carbonyl (C=O) groups is 2. The predicted octanol–water partition coefficient (Wildman–Crippen LogP) is 1.79. The average molecular weight is 212 g/mol. The lowest BCUT2D eigenvalue weighted by molar-refractivity contribution is -0.131. The summed E-state index contributed by atoms with van der Waals surface area (Å²) < 4.78 is 25.1. The van der Waals surface area contributed by atoms with E-state index < -0.39 is 23.4 Å². The Kier molecular flexibility index (Phi) is 3.28. The molecule has 5 heteroatoms. The summed E-state index contributed by atoms with van der Waals surface area (Å²) in [5.74, 6) is -4.19. The van der Waals surface area contributed by atoms with Crippen LogP contribution in [0.5, 0.6) is 0 Å². The van der Waals surface area contributed by atoms with Crippen LogP contribution in [0.3, 0.4) is 0 Å². The first-order valence-electron chi connectivity index (χ1n) is 3.91.